The number of benzene rings is 2. The van der Waals surface area contributed by atoms with Gasteiger partial charge in [-0.2, -0.15) is 0 Å². The Morgan fingerprint density at radius 2 is 1.95 bits per heavy atom. The van der Waals surface area contributed by atoms with Gasteiger partial charge in [-0.15, -0.1) is 0 Å². The predicted molar refractivity (Wildman–Crippen MR) is 73.2 cm³/mol. The van der Waals surface area contributed by atoms with Crippen LogP contribution in [0.4, 0.5) is 4.39 Å². The lowest BCUT2D eigenvalue weighted by molar-refractivity contribution is 0.0692. The number of nitrogens with one attached hydrogen (secondary N) is 1. The zero-order valence-electron chi connectivity index (χ0n) is 10.6. The molecule has 1 aromatic heterocycles. The van der Waals surface area contributed by atoms with Crippen LogP contribution in [0.3, 0.4) is 0 Å². The summed E-state index contributed by atoms with van der Waals surface area (Å²) < 4.78 is 13.6. The Kier molecular flexibility index (Phi) is 2.75. The number of halogens is 1. The van der Waals surface area contributed by atoms with Crippen LogP contribution in [0.15, 0.2) is 36.4 Å². The van der Waals surface area contributed by atoms with Crippen LogP contribution in [0.25, 0.3) is 22.4 Å². The molecular weight excluding hydrogens is 259 g/mol. The third-order valence-electron chi connectivity index (χ3n) is 3.13. The van der Waals surface area contributed by atoms with E-state index in [9.17, 15) is 9.18 Å². The molecule has 0 aliphatic rings. The van der Waals surface area contributed by atoms with E-state index in [1.165, 1.54) is 6.07 Å². The molecule has 0 spiro atoms. The average Bonchev–Trinajstić information content (AvgIpc) is 2.81. The van der Waals surface area contributed by atoms with Gasteiger partial charge < -0.3 is 10.1 Å². The monoisotopic (exact) mass is 270 g/mol. The number of rotatable bonds is 2. The second kappa shape index (κ2) is 4.45. The van der Waals surface area contributed by atoms with Crippen LogP contribution in [0.1, 0.15) is 15.9 Å². The fourth-order valence-corrected chi connectivity index (χ4v) is 2.04. The summed E-state index contributed by atoms with van der Waals surface area (Å²) in [7, 11) is 0. The molecule has 4 nitrogen and oxygen atoms in total. The number of H-pyrrole nitrogens is 1. The number of imidazole rings is 1. The summed E-state index contributed by atoms with van der Waals surface area (Å²) >= 11 is 0. The van der Waals surface area contributed by atoms with E-state index in [1.807, 2.05) is 31.2 Å². The molecule has 0 radical (unpaired) electrons. The molecule has 5 heteroatoms. The van der Waals surface area contributed by atoms with Crippen molar-refractivity contribution in [1.29, 1.82) is 0 Å². The molecule has 0 saturated carbocycles. The Balaban J connectivity index is 2.15. The Morgan fingerprint density at radius 1 is 1.25 bits per heavy atom. The zero-order chi connectivity index (χ0) is 14.3. The van der Waals surface area contributed by atoms with Gasteiger partial charge in [0.2, 0.25) is 0 Å². The van der Waals surface area contributed by atoms with Crippen LogP contribution < -0.4 is 0 Å². The predicted octanol–water partition coefficient (Wildman–Crippen LogP) is 3.38. The largest absolute Gasteiger partial charge is 0.478 e. The standard InChI is InChI=1S/C15H11FN2O2/c1-8-2-4-9(5-3-8)14-17-12-6-10(15(19)20)11(16)7-13(12)18-14/h2-7H,1H3,(H,17,18)(H,19,20). The summed E-state index contributed by atoms with van der Waals surface area (Å²) in [5.41, 5.74) is 2.52. The lowest BCUT2D eigenvalue weighted by Gasteiger charge is -1.96. The molecule has 1 heterocycles. The minimum atomic E-state index is -1.30. The highest BCUT2D eigenvalue weighted by Gasteiger charge is 2.14. The normalized spacial score (nSPS) is 10.9. The van der Waals surface area contributed by atoms with Crippen molar-refractivity contribution in [2.24, 2.45) is 0 Å². The van der Waals surface area contributed by atoms with Crippen LogP contribution >= 0.6 is 0 Å². The van der Waals surface area contributed by atoms with Crippen molar-refractivity contribution in [2.75, 3.05) is 0 Å². The zero-order valence-corrected chi connectivity index (χ0v) is 10.6. The average molecular weight is 270 g/mol. The molecule has 2 aromatic carbocycles. The van der Waals surface area contributed by atoms with E-state index < -0.39 is 11.8 Å². The first kappa shape index (κ1) is 12.3. The van der Waals surface area contributed by atoms with Gasteiger partial charge >= 0.3 is 5.97 Å². The molecule has 0 atom stereocenters. The molecule has 2 N–H and O–H groups in total. The van der Waals surface area contributed by atoms with Crippen molar-refractivity contribution in [3.8, 4) is 11.4 Å². The number of hydrogen-bond acceptors (Lipinski definition) is 2. The number of aryl methyl sites for hydroxylation is 1. The second-order valence-electron chi connectivity index (χ2n) is 4.61. The number of carboxylic acids is 1. The molecule has 0 fully saturated rings. The van der Waals surface area contributed by atoms with Crippen molar-refractivity contribution in [1.82, 2.24) is 9.97 Å². The summed E-state index contributed by atoms with van der Waals surface area (Å²) in [4.78, 5) is 18.2. The lowest BCUT2D eigenvalue weighted by Crippen LogP contribution is -1.99. The van der Waals surface area contributed by atoms with Crippen LogP contribution in [0.2, 0.25) is 0 Å². The van der Waals surface area contributed by atoms with Gasteiger partial charge in [0.25, 0.3) is 0 Å². The number of carboxylic acid groups (broad SMARTS) is 1. The van der Waals surface area contributed by atoms with Gasteiger partial charge in [0.1, 0.15) is 11.6 Å². The molecule has 3 rings (SSSR count). The quantitative estimate of drug-likeness (QED) is 0.750. The van der Waals surface area contributed by atoms with Crippen LogP contribution in [0, 0.1) is 12.7 Å². The Bertz CT molecular complexity index is 807. The first-order chi connectivity index (χ1) is 9.54. The molecule has 0 saturated heterocycles. The molecule has 0 unspecified atom stereocenters. The summed E-state index contributed by atoms with van der Waals surface area (Å²) in [5, 5.41) is 8.90. The number of hydrogen-bond donors (Lipinski definition) is 2. The highest BCUT2D eigenvalue weighted by molar-refractivity contribution is 5.93. The first-order valence-electron chi connectivity index (χ1n) is 6.04. The third-order valence-corrected chi connectivity index (χ3v) is 3.13. The van der Waals surface area contributed by atoms with Crippen LogP contribution in [-0.2, 0) is 0 Å². The Hall–Kier alpha value is -2.69. The molecule has 0 amide bonds. The molecule has 20 heavy (non-hydrogen) atoms. The van der Waals surface area contributed by atoms with E-state index in [0.717, 1.165) is 17.2 Å². The van der Waals surface area contributed by atoms with E-state index in [4.69, 9.17) is 5.11 Å². The Morgan fingerprint density at radius 3 is 2.60 bits per heavy atom. The van der Waals surface area contributed by atoms with Crippen LogP contribution in [-0.4, -0.2) is 21.0 Å². The first-order valence-corrected chi connectivity index (χ1v) is 6.04. The maximum absolute atomic E-state index is 13.6. The van der Waals surface area contributed by atoms with Crippen LogP contribution in [0.5, 0.6) is 0 Å². The van der Waals surface area contributed by atoms with Gasteiger partial charge in [0.15, 0.2) is 0 Å². The van der Waals surface area contributed by atoms with Crippen molar-refractivity contribution in [3.05, 3.63) is 53.3 Å². The molecular formula is C15H11FN2O2. The van der Waals surface area contributed by atoms with Crippen molar-refractivity contribution in [2.45, 2.75) is 6.92 Å². The summed E-state index contributed by atoms with van der Waals surface area (Å²) in [6.07, 6.45) is 0. The number of fused-ring (bicyclic) bond motifs is 1. The number of aromatic nitrogens is 2. The van der Waals surface area contributed by atoms with E-state index in [1.54, 1.807) is 0 Å². The van der Waals surface area contributed by atoms with Gasteiger partial charge in [-0.3, -0.25) is 0 Å². The molecule has 0 aliphatic heterocycles. The molecule has 0 aliphatic carbocycles. The van der Waals surface area contributed by atoms with E-state index >= 15 is 0 Å². The van der Waals surface area contributed by atoms with Crippen molar-refractivity contribution < 1.29 is 14.3 Å². The maximum atomic E-state index is 13.6. The molecule has 0 bridgehead atoms. The minimum absolute atomic E-state index is 0.376. The number of carbonyl (C=O) groups is 1. The highest BCUT2D eigenvalue weighted by Crippen LogP contribution is 2.23. The van der Waals surface area contributed by atoms with E-state index in [-0.39, 0.29) is 5.56 Å². The maximum Gasteiger partial charge on any atom is 0.338 e. The second-order valence-corrected chi connectivity index (χ2v) is 4.61. The van der Waals surface area contributed by atoms with E-state index in [0.29, 0.717) is 16.9 Å². The Labute approximate surface area is 113 Å². The number of nitrogens with zero attached hydrogens (tertiary/aromatic N) is 1. The third kappa shape index (κ3) is 2.03. The van der Waals surface area contributed by atoms with Gasteiger partial charge in [-0.05, 0) is 13.0 Å². The summed E-state index contributed by atoms with van der Waals surface area (Å²) in [6, 6.07) is 10.1. The lowest BCUT2D eigenvalue weighted by atomic mass is 10.1. The summed E-state index contributed by atoms with van der Waals surface area (Å²) in [5.74, 6) is -1.49. The number of aromatic amines is 1. The SMILES string of the molecule is Cc1ccc(-c2nc3cc(C(=O)O)c(F)cc3[nH]2)cc1. The number of aromatic carboxylic acids is 1. The molecule has 100 valence electrons. The topological polar surface area (TPSA) is 66.0 Å². The van der Waals surface area contributed by atoms with Gasteiger partial charge in [0.05, 0.1) is 16.6 Å². The highest BCUT2D eigenvalue weighted by atomic mass is 19.1. The van der Waals surface area contributed by atoms with Crippen molar-refractivity contribution in [3.63, 3.8) is 0 Å². The van der Waals surface area contributed by atoms with Gasteiger partial charge in [0, 0.05) is 11.6 Å². The fraction of sp³-hybridized carbons (Fsp3) is 0.0667. The van der Waals surface area contributed by atoms with Gasteiger partial charge in [-0.1, -0.05) is 29.8 Å². The fourth-order valence-electron chi connectivity index (χ4n) is 2.04. The van der Waals surface area contributed by atoms with Crippen molar-refractivity contribution >= 4 is 17.0 Å². The smallest absolute Gasteiger partial charge is 0.338 e. The van der Waals surface area contributed by atoms with Gasteiger partial charge in [-0.25, -0.2) is 14.2 Å². The van der Waals surface area contributed by atoms with E-state index in [2.05, 4.69) is 9.97 Å². The minimum Gasteiger partial charge on any atom is -0.478 e. The summed E-state index contributed by atoms with van der Waals surface area (Å²) in [6.45, 7) is 1.98. The molecule has 3 aromatic rings.